The van der Waals surface area contributed by atoms with Gasteiger partial charge < -0.3 is 25.8 Å². The Labute approximate surface area is 131 Å². The molecule has 1 aliphatic heterocycles. The molecule has 2 rings (SSSR count). The molecule has 0 radical (unpaired) electrons. The molecule has 0 aromatic carbocycles. The first kappa shape index (κ1) is 16.6. The summed E-state index contributed by atoms with van der Waals surface area (Å²) in [6.45, 7) is 4.43. The van der Waals surface area contributed by atoms with Gasteiger partial charge in [0.15, 0.2) is 11.9 Å². The number of H-pyrrole nitrogens is 1. The molecule has 5 N–H and O–H groups in total. The second-order valence-electron chi connectivity index (χ2n) is 5.20. The zero-order valence-corrected chi connectivity index (χ0v) is 13.0. The van der Waals surface area contributed by atoms with Gasteiger partial charge in [0, 0.05) is 20.4 Å². The van der Waals surface area contributed by atoms with Crippen LogP contribution in [0.4, 0.5) is 17.5 Å². The molecule has 1 aliphatic rings. The van der Waals surface area contributed by atoms with E-state index in [1.165, 1.54) is 13.8 Å². The first-order valence-corrected chi connectivity index (χ1v) is 7.02. The summed E-state index contributed by atoms with van der Waals surface area (Å²) in [6.07, 6.45) is -1.48. The number of ether oxygens (including phenoxy) is 2. The summed E-state index contributed by atoms with van der Waals surface area (Å²) >= 11 is 0. The summed E-state index contributed by atoms with van der Waals surface area (Å²) in [5.74, 6) is -0.715. The van der Waals surface area contributed by atoms with Gasteiger partial charge in [-0.3, -0.25) is 19.4 Å². The van der Waals surface area contributed by atoms with Crippen LogP contribution in [0.25, 0.3) is 0 Å². The van der Waals surface area contributed by atoms with Crippen molar-refractivity contribution in [3.63, 3.8) is 0 Å². The molecule has 0 bridgehead atoms. The monoisotopic (exact) mass is 325 g/mol. The van der Waals surface area contributed by atoms with E-state index in [9.17, 15) is 14.4 Å². The van der Waals surface area contributed by atoms with Crippen molar-refractivity contribution < 1.29 is 19.1 Å². The van der Waals surface area contributed by atoms with E-state index in [1.807, 2.05) is 0 Å². The van der Waals surface area contributed by atoms with Crippen LogP contribution in [0.2, 0.25) is 0 Å². The highest BCUT2D eigenvalue weighted by atomic mass is 16.6. The molecule has 126 valence electrons. The Bertz CT molecular complexity index is 673. The molecule has 0 amide bonds. The normalized spacial score (nSPS) is 18.7. The quantitative estimate of drug-likeness (QED) is 0.534. The average molecular weight is 325 g/mol. The number of nitrogens with one attached hydrogen (secondary N) is 3. The van der Waals surface area contributed by atoms with Crippen LogP contribution in [0.1, 0.15) is 20.8 Å². The zero-order chi connectivity index (χ0) is 17.1. The van der Waals surface area contributed by atoms with Gasteiger partial charge in [-0.2, -0.15) is 4.98 Å². The number of hydrogen-bond acceptors (Lipinski definition) is 9. The Morgan fingerprint density at radius 2 is 1.96 bits per heavy atom. The lowest BCUT2D eigenvalue weighted by Crippen LogP contribution is -2.51. The fourth-order valence-corrected chi connectivity index (χ4v) is 2.42. The number of carbonyl (C=O) groups is 2. The molecule has 1 aromatic rings. The third-order valence-corrected chi connectivity index (χ3v) is 3.27. The Balaban J connectivity index is 2.25. The first-order chi connectivity index (χ1) is 10.8. The van der Waals surface area contributed by atoms with Gasteiger partial charge in [0.25, 0.3) is 5.56 Å². The highest BCUT2D eigenvalue weighted by Gasteiger charge is 2.35. The molecule has 23 heavy (non-hydrogen) atoms. The number of nitrogen functional groups attached to an aromatic ring is 1. The third-order valence-electron chi connectivity index (χ3n) is 3.27. The van der Waals surface area contributed by atoms with Crippen LogP contribution < -0.4 is 21.9 Å². The van der Waals surface area contributed by atoms with E-state index in [1.54, 1.807) is 6.92 Å². The molecule has 0 saturated carbocycles. The number of aromatic nitrogens is 2. The zero-order valence-electron chi connectivity index (χ0n) is 13.0. The Morgan fingerprint density at radius 1 is 1.30 bits per heavy atom. The number of anilines is 3. The lowest BCUT2D eigenvalue weighted by Gasteiger charge is -2.34. The molecule has 1 aromatic heterocycles. The smallest absolute Gasteiger partial charge is 0.303 e. The molecule has 3 atom stereocenters. The highest BCUT2D eigenvalue weighted by Crippen LogP contribution is 2.23. The van der Waals surface area contributed by atoms with Gasteiger partial charge >= 0.3 is 11.9 Å². The van der Waals surface area contributed by atoms with Gasteiger partial charge in [0.1, 0.15) is 11.8 Å². The molecular weight excluding hydrogens is 306 g/mol. The van der Waals surface area contributed by atoms with Crippen LogP contribution >= 0.6 is 0 Å². The lowest BCUT2D eigenvalue weighted by molar-refractivity contribution is -0.164. The van der Waals surface area contributed by atoms with Crippen molar-refractivity contribution in [2.75, 3.05) is 22.9 Å². The lowest BCUT2D eigenvalue weighted by atomic mass is 10.0. The average Bonchev–Trinajstić information content (AvgIpc) is 2.43. The fraction of sp³-hybridized carbons (Fsp3) is 0.538. The third kappa shape index (κ3) is 3.90. The van der Waals surface area contributed by atoms with Crippen LogP contribution in [-0.2, 0) is 19.1 Å². The van der Waals surface area contributed by atoms with E-state index >= 15 is 0 Å². The standard InChI is InChI=1S/C13H19N5O5/c1-5(22-6(2)19)10(23-7(3)20)8-4-15-11-9(16-8)12(21)18-13(14)17-11/h5,8,10,16H,4H2,1-3H3,(H4,14,15,17,18,21). The summed E-state index contributed by atoms with van der Waals surface area (Å²) in [4.78, 5) is 40.8. The predicted molar refractivity (Wildman–Crippen MR) is 82.0 cm³/mol. The largest absolute Gasteiger partial charge is 0.459 e. The maximum atomic E-state index is 12.0. The summed E-state index contributed by atoms with van der Waals surface area (Å²) < 4.78 is 10.4. The number of nitrogens with zero attached hydrogens (tertiary/aromatic N) is 1. The minimum atomic E-state index is -0.783. The second-order valence-corrected chi connectivity index (χ2v) is 5.20. The number of aromatic amines is 1. The van der Waals surface area contributed by atoms with Crippen molar-refractivity contribution in [2.45, 2.75) is 39.0 Å². The maximum Gasteiger partial charge on any atom is 0.303 e. The number of nitrogens with two attached hydrogens (primary N) is 1. The SMILES string of the molecule is CC(=O)OC(C)C(OC(C)=O)C1CNc2nc(N)[nH]c(=O)c2N1. The van der Waals surface area contributed by atoms with Gasteiger partial charge in [-0.15, -0.1) is 0 Å². The second kappa shape index (κ2) is 6.55. The van der Waals surface area contributed by atoms with Gasteiger partial charge in [-0.25, -0.2) is 0 Å². The fourth-order valence-electron chi connectivity index (χ4n) is 2.42. The van der Waals surface area contributed by atoms with Crippen molar-refractivity contribution in [3.05, 3.63) is 10.4 Å². The minimum absolute atomic E-state index is 0.00804. The molecular formula is C13H19N5O5. The molecule has 0 aliphatic carbocycles. The van der Waals surface area contributed by atoms with Crippen LogP contribution in [0.3, 0.4) is 0 Å². The molecule has 0 spiro atoms. The van der Waals surface area contributed by atoms with Crippen LogP contribution in [0.5, 0.6) is 0 Å². The molecule has 0 saturated heterocycles. The molecule has 3 unspecified atom stereocenters. The van der Waals surface area contributed by atoms with E-state index in [0.717, 1.165) is 0 Å². The maximum absolute atomic E-state index is 12.0. The topological polar surface area (TPSA) is 148 Å². The van der Waals surface area contributed by atoms with Crippen LogP contribution in [-0.4, -0.2) is 46.7 Å². The number of carbonyl (C=O) groups excluding carboxylic acids is 2. The minimum Gasteiger partial charge on any atom is -0.459 e. The Kier molecular flexibility index (Phi) is 4.72. The van der Waals surface area contributed by atoms with Crippen molar-refractivity contribution in [2.24, 2.45) is 0 Å². The van der Waals surface area contributed by atoms with E-state index in [4.69, 9.17) is 15.2 Å². The van der Waals surface area contributed by atoms with E-state index in [0.29, 0.717) is 12.4 Å². The summed E-state index contributed by atoms with van der Waals surface area (Å²) in [7, 11) is 0. The van der Waals surface area contributed by atoms with Gasteiger partial charge in [0.2, 0.25) is 5.95 Å². The van der Waals surface area contributed by atoms with E-state index in [-0.39, 0.29) is 11.6 Å². The number of rotatable bonds is 4. The van der Waals surface area contributed by atoms with Gasteiger partial charge in [-0.05, 0) is 6.92 Å². The van der Waals surface area contributed by atoms with Crippen molar-refractivity contribution in [1.29, 1.82) is 0 Å². The van der Waals surface area contributed by atoms with Crippen molar-refractivity contribution in [3.8, 4) is 0 Å². The van der Waals surface area contributed by atoms with Crippen LogP contribution in [0, 0.1) is 0 Å². The van der Waals surface area contributed by atoms with E-state index < -0.39 is 35.7 Å². The van der Waals surface area contributed by atoms with Crippen molar-refractivity contribution >= 4 is 29.4 Å². The van der Waals surface area contributed by atoms with Crippen LogP contribution in [0.15, 0.2) is 4.79 Å². The highest BCUT2D eigenvalue weighted by molar-refractivity contribution is 5.69. The Morgan fingerprint density at radius 3 is 2.57 bits per heavy atom. The molecule has 10 heteroatoms. The molecule has 2 heterocycles. The first-order valence-electron chi connectivity index (χ1n) is 7.02. The summed E-state index contributed by atoms with van der Waals surface area (Å²) in [5, 5.41) is 5.91. The number of esters is 2. The molecule has 10 nitrogen and oxygen atoms in total. The molecule has 0 fully saturated rings. The van der Waals surface area contributed by atoms with Crippen molar-refractivity contribution in [1.82, 2.24) is 9.97 Å². The predicted octanol–water partition coefficient (Wildman–Crippen LogP) is -0.559. The number of fused-ring (bicyclic) bond motifs is 1. The summed E-state index contributed by atoms with van der Waals surface area (Å²) in [5.41, 5.74) is 5.22. The number of hydrogen-bond donors (Lipinski definition) is 4. The van der Waals surface area contributed by atoms with Gasteiger partial charge in [-0.1, -0.05) is 0 Å². The van der Waals surface area contributed by atoms with Gasteiger partial charge in [0.05, 0.1) is 6.04 Å². The Hall–Kier alpha value is -2.78. The van der Waals surface area contributed by atoms with E-state index in [2.05, 4.69) is 20.6 Å². The summed E-state index contributed by atoms with van der Waals surface area (Å²) in [6, 6.07) is -0.493.